The van der Waals surface area contributed by atoms with Crippen LogP contribution in [0.15, 0.2) is 23.1 Å². The van der Waals surface area contributed by atoms with Crippen molar-refractivity contribution in [2.75, 3.05) is 24.5 Å². The van der Waals surface area contributed by atoms with Gasteiger partial charge in [-0.05, 0) is 49.6 Å². The number of halogens is 1. The van der Waals surface area contributed by atoms with Gasteiger partial charge in [0.15, 0.2) is 0 Å². The van der Waals surface area contributed by atoms with E-state index < -0.39 is 10.0 Å². The maximum atomic E-state index is 12.5. The monoisotopic (exact) mass is 359 g/mol. The quantitative estimate of drug-likeness (QED) is 0.845. The summed E-state index contributed by atoms with van der Waals surface area (Å²) in [5.41, 5.74) is 1.74. The summed E-state index contributed by atoms with van der Waals surface area (Å²) >= 11 is 0. The predicted octanol–water partition coefficient (Wildman–Crippen LogP) is 1.05. The van der Waals surface area contributed by atoms with E-state index in [0.717, 1.165) is 30.6 Å². The van der Waals surface area contributed by atoms with Crippen LogP contribution in [0.1, 0.15) is 25.3 Å². The van der Waals surface area contributed by atoms with Crippen molar-refractivity contribution in [1.29, 1.82) is 0 Å². The summed E-state index contributed by atoms with van der Waals surface area (Å²) in [5, 5.41) is 3.20. The number of sulfonamides is 1. The summed E-state index contributed by atoms with van der Waals surface area (Å²) in [7, 11) is -3.51. The van der Waals surface area contributed by atoms with Gasteiger partial charge in [-0.1, -0.05) is 0 Å². The Morgan fingerprint density at radius 3 is 2.83 bits per heavy atom. The van der Waals surface area contributed by atoms with Crippen molar-refractivity contribution >= 4 is 34.0 Å². The van der Waals surface area contributed by atoms with Crippen molar-refractivity contribution in [3.63, 3.8) is 0 Å². The number of fused-ring (bicyclic) bond motifs is 1. The first-order valence-electron chi connectivity index (χ1n) is 7.61. The number of nitrogens with one attached hydrogen (secondary N) is 2. The zero-order valence-electron chi connectivity index (χ0n) is 13.0. The van der Waals surface area contributed by atoms with Crippen molar-refractivity contribution in [1.82, 2.24) is 10.0 Å². The molecule has 23 heavy (non-hydrogen) atoms. The number of carbonyl (C=O) groups excluding carboxylic acids is 1. The molecule has 3 rings (SSSR count). The fourth-order valence-corrected chi connectivity index (χ4v) is 4.43. The molecule has 1 aromatic rings. The third-order valence-electron chi connectivity index (χ3n) is 4.26. The SMILES string of the molecule is CC(=O)N1CCc2cc(S(=O)(=O)N[C@@H]3CCCNC3)ccc21.Cl. The molecule has 1 fully saturated rings. The number of nitrogens with zero attached hydrogens (tertiary/aromatic N) is 1. The standard InChI is InChI=1S/C15H21N3O3S.ClH/c1-11(19)18-8-6-12-9-14(4-5-15(12)18)22(20,21)17-13-3-2-7-16-10-13;/h4-5,9,13,16-17H,2-3,6-8,10H2,1H3;1H/t13-;/m1./s1. The fraction of sp³-hybridized carbons (Fsp3) is 0.533. The van der Waals surface area contributed by atoms with Crippen LogP contribution in [0.2, 0.25) is 0 Å². The van der Waals surface area contributed by atoms with Crippen LogP contribution in [0.4, 0.5) is 5.69 Å². The van der Waals surface area contributed by atoms with E-state index in [1.165, 1.54) is 6.92 Å². The summed E-state index contributed by atoms with van der Waals surface area (Å²) in [4.78, 5) is 13.5. The number of piperidine rings is 1. The molecule has 0 aromatic heterocycles. The van der Waals surface area contributed by atoms with Crippen LogP contribution in [0.5, 0.6) is 0 Å². The maximum absolute atomic E-state index is 12.5. The minimum Gasteiger partial charge on any atom is -0.315 e. The Morgan fingerprint density at radius 2 is 2.17 bits per heavy atom. The largest absolute Gasteiger partial charge is 0.315 e. The van der Waals surface area contributed by atoms with Crippen molar-refractivity contribution < 1.29 is 13.2 Å². The summed E-state index contributed by atoms with van der Waals surface area (Å²) in [5.74, 6) is -0.0132. The number of rotatable bonds is 3. The number of benzene rings is 1. The van der Waals surface area contributed by atoms with E-state index in [9.17, 15) is 13.2 Å². The molecular formula is C15H22ClN3O3S. The summed E-state index contributed by atoms with van der Waals surface area (Å²) < 4.78 is 27.8. The molecule has 6 nitrogen and oxygen atoms in total. The van der Waals surface area contributed by atoms with E-state index in [2.05, 4.69) is 10.0 Å². The summed E-state index contributed by atoms with van der Waals surface area (Å²) in [6.45, 7) is 3.76. The lowest BCUT2D eigenvalue weighted by molar-refractivity contribution is -0.116. The highest BCUT2D eigenvalue weighted by Crippen LogP contribution is 2.30. The van der Waals surface area contributed by atoms with Crippen molar-refractivity contribution in [3.8, 4) is 0 Å². The number of anilines is 1. The minimum absolute atomic E-state index is 0. The lowest BCUT2D eigenvalue weighted by Crippen LogP contribution is -2.45. The van der Waals surface area contributed by atoms with Crippen LogP contribution in [0, 0.1) is 0 Å². The number of carbonyl (C=O) groups is 1. The van der Waals surface area contributed by atoms with Gasteiger partial charge in [0.05, 0.1) is 4.90 Å². The first-order valence-corrected chi connectivity index (χ1v) is 9.10. The van der Waals surface area contributed by atoms with Gasteiger partial charge in [-0.2, -0.15) is 0 Å². The van der Waals surface area contributed by atoms with E-state index in [0.29, 0.717) is 19.5 Å². The molecular weight excluding hydrogens is 338 g/mol. The molecule has 1 aromatic carbocycles. The van der Waals surface area contributed by atoms with Crippen LogP contribution in [0.25, 0.3) is 0 Å². The van der Waals surface area contributed by atoms with Crippen LogP contribution in [0.3, 0.4) is 0 Å². The second-order valence-electron chi connectivity index (χ2n) is 5.88. The molecule has 0 radical (unpaired) electrons. The molecule has 0 aliphatic carbocycles. The molecule has 1 amide bonds. The predicted molar refractivity (Wildman–Crippen MR) is 91.6 cm³/mol. The van der Waals surface area contributed by atoms with Gasteiger partial charge in [-0.3, -0.25) is 4.79 Å². The van der Waals surface area contributed by atoms with Gasteiger partial charge in [0.25, 0.3) is 0 Å². The number of hydrogen-bond donors (Lipinski definition) is 2. The Labute approximate surface area is 143 Å². The third-order valence-corrected chi connectivity index (χ3v) is 5.77. The normalized spacial score (nSPS) is 20.7. The molecule has 0 unspecified atom stereocenters. The summed E-state index contributed by atoms with van der Waals surface area (Å²) in [6.07, 6.45) is 2.53. The molecule has 0 saturated carbocycles. The molecule has 128 valence electrons. The smallest absolute Gasteiger partial charge is 0.240 e. The average molecular weight is 360 g/mol. The van der Waals surface area contributed by atoms with Crippen LogP contribution in [-0.2, 0) is 21.2 Å². The molecule has 8 heteroatoms. The lowest BCUT2D eigenvalue weighted by atomic mass is 10.1. The van der Waals surface area contributed by atoms with Crippen molar-refractivity contribution in [2.24, 2.45) is 0 Å². The van der Waals surface area contributed by atoms with Crippen molar-refractivity contribution in [3.05, 3.63) is 23.8 Å². The van der Waals surface area contributed by atoms with E-state index in [4.69, 9.17) is 0 Å². The Hall–Kier alpha value is -1.15. The Morgan fingerprint density at radius 1 is 1.39 bits per heavy atom. The van der Waals surface area contributed by atoms with Crippen LogP contribution >= 0.6 is 12.4 Å². The third kappa shape index (κ3) is 3.85. The van der Waals surface area contributed by atoms with Gasteiger partial charge in [0.1, 0.15) is 0 Å². The van der Waals surface area contributed by atoms with E-state index in [1.807, 2.05) is 0 Å². The molecule has 0 spiro atoms. The van der Waals surface area contributed by atoms with Gasteiger partial charge >= 0.3 is 0 Å². The number of amides is 1. The zero-order chi connectivity index (χ0) is 15.7. The highest BCUT2D eigenvalue weighted by molar-refractivity contribution is 7.89. The van der Waals surface area contributed by atoms with E-state index >= 15 is 0 Å². The molecule has 1 atom stereocenters. The Bertz CT molecular complexity index is 687. The fourth-order valence-electron chi connectivity index (χ4n) is 3.11. The molecule has 2 aliphatic rings. The second-order valence-corrected chi connectivity index (χ2v) is 7.59. The molecule has 2 aliphatic heterocycles. The zero-order valence-corrected chi connectivity index (χ0v) is 14.7. The highest BCUT2D eigenvalue weighted by atomic mass is 35.5. The number of hydrogen-bond acceptors (Lipinski definition) is 4. The average Bonchev–Trinajstić information content (AvgIpc) is 2.91. The van der Waals surface area contributed by atoms with E-state index in [1.54, 1.807) is 23.1 Å². The van der Waals surface area contributed by atoms with Crippen LogP contribution < -0.4 is 14.9 Å². The van der Waals surface area contributed by atoms with Gasteiger partial charge < -0.3 is 10.2 Å². The Balaban J connectivity index is 0.00000192. The molecule has 2 N–H and O–H groups in total. The van der Waals surface area contributed by atoms with Crippen LogP contribution in [-0.4, -0.2) is 40.0 Å². The van der Waals surface area contributed by atoms with Gasteiger partial charge in [-0.15, -0.1) is 12.4 Å². The van der Waals surface area contributed by atoms with Crippen molar-refractivity contribution in [2.45, 2.75) is 37.1 Å². The minimum atomic E-state index is -3.51. The molecule has 1 saturated heterocycles. The van der Waals surface area contributed by atoms with Gasteiger partial charge in [0, 0.05) is 31.7 Å². The van der Waals surface area contributed by atoms with Gasteiger partial charge in [-0.25, -0.2) is 13.1 Å². The molecule has 2 heterocycles. The first-order chi connectivity index (χ1) is 10.5. The van der Waals surface area contributed by atoms with E-state index in [-0.39, 0.29) is 29.3 Å². The second kappa shape index (κ2) is 7.17. The first kappa shape index (κ1) is 18.2. The maximum Gasteiger partial charge on any atom is 0.240 e. The molecule has 0 bridgehead atoms. The lowest BCUT2D eigenvalue weighted by Gasteiger charge is -2.23. The topological polar surface area (TPSA) is 78.5 Å². The van der Waals surface area contributed by atoms with Gasteiger partial charge in [0.2, 0.25) is 15.9 Å². The summed E-state index contributed by atoms with van der Waals surface area (Å²) in [6, 6.07) is 4.95. The Kier molecular flexibility index (Phi) is 5.67. The highest BCUT2D eigenvalue weighted by Gasteiger charge is 2.26.